The van der Waals surface area contributed by atoms with E-state index in [9.17, 15) is 4.79 Å². The Labute approximate surface area is 98.8 Å². The molecule has 4 nitrogen and oxygen atoms in total. The molecule has 0 spiro atoms. The Kier molecular flexibility index (Phi) is 3.35. The molecule has 4 heteroatoms. The third kappa shape index (κ3) is 2.81. The molecule has 0 bridgehead atoms. The van der Waals surface area contributed by atoms with Crippen LogP contribution in [0.5, 0.6) is 17.4 Å². The number of aldehydes is 1. The molecule has 0 atom stereocenters. The molecule has 0 unspecified atom stereocenters. The van der Waals surface area contributed by atoms with Crippen LogP contribution in [0.3, 0.4) is 0 Å². The van der Waals surface area contributed by atoms with Gasteiger partial charge in [-0.3, -0.25) is 4.79 Å². The predicted molar refractivity (Wildman–Crippen MR) is 62.7 cm³/mol. The standard InChI is InChI=1S/C13H11NO3/c1-16-11-5-7-12(8-6-11)17-13-4-2-3-10(9-15)14-13/h2-9H,1H3. The molecular formula is C13H11NO3. The fourth-order valence-electron chi connectivity index (χ4n) is 1.32. The maximum atomic E-state index is 10.6. The van der Waals surface area contributed by atoms with Crippen LogP contribution in [0.15, 0.2) is 42.5 Å². The number of aromatic nitrogens is 1. The largest absolute Gasteiger partial charge is 0.497 e. The quantitative estimate of drug-likeness (QED) is 0.756. The van der Waals surface area contributed by atoms with Crippen LogP contribution in [0.2, 0.25) is 0 Å². The van der Waals surface area contributed by atoms with E-state index in [1.807, 2.05) is 0 Å². The first kappa shape index (κ1) is 11.1. The van der Waals surface area contributed by atoms with Crippen molar-refractivity contribution in [2.45, 2.75) is 0 Å². The lowest BCUT2D eigenvalue weighted by atomic mass is 10.3. The predicted octanol–water partition coefficient (Wildman–Crippen LogP) is 2.70. The van der Waals surface area contributed by atoms with Crippen LogP contribution < -0.4 is 9.47 Å². The van der Waals surface area contributed by atoms with Gasteiger partial charge in [0.2, 0.25) is 5.88 Å². The van der Waals surface area contributed by atoms with E-state index in [-0.39, 0.29) is 0 Å². The van der Waals surface area contributed by atoms with Crippen molar-refractivity contribution in [1.29, 1.82) is 0 Å². The zero-order valence-corrected chi connectivity index (χ0v) is 9.29. The normalized spacial score (nSPS) is 9.71. The topological polar surface area (TPSA) is 48.4 Å². The first-order valence-electron chi connectivity index (χ1n) is 5.06. The van der Waals surface area contributed by atoms with Crippen molar-refractivity contribution in [3.05, 3.63) is 48.2 Å². The van der Waals surface area contributed by atoms with Crippen LogP contribution in [0.25, 0.3) is 0 Å². The van der Waals surface area contributed by atoms with Crippen LogP contribution in [-0.4, -0.2) is 18.4 Å². The Hall–Kier alpha value is -2.36. The number of carbonyl (C=O) groups excluding carboxylic acids is 1. The highest BCUT2D eigenvalue weighted by atomic mass is 16.5. The molecule has 2 rings (SSSR count). The van der Waals surface area contributed by atoms with Gasteiger partial charge in [0.1, 0.15) is 17.2 Å². The molecular weight excluding hydrogens is 218 g/mol. The van der Waals surface area contributed by atoms with Crippen molar-refractivity contribution in [3.8, 4) is 17.4 Å². The van der Waals surface area contributed by atoms with E-state index in [0.29, 0.717) is 23.6 Å². The SMILES string of the molecule is COc1ccc(Oc2cccc(C=O)n2)cc1. The fraction of sp³-hybridized carbons (Fsp3) is 0.0769. The summed E-state index contributed by atoms with van der Waals surface area (Å²) in [6.45, 7) is 0. The summed E-state index contributed by atoms with van der Waals surface area (Å²) in [5, 5.41) is 0. The van der Waals surface area contributed by atoms with Crippen molar-refractivity contribution in [2.24, 2.45) is 0 Å². The zero-order valence-electron chi connectivity index (χ0n) is 9.29. The molecule has 0 radical (unpaired) electrons. The van der Waals surface area contributed by atoms with Crippen molar-refractivity contribution in [3.63, 3.8) is 0 Å². The second-order valence-corrected chi connectivity index (χ2v) is 3.30. The molecule has 0 amide bonds. The molecule has 86 valence electrons. The number of hydrogen-bond acceptors (Lipinski definition) is 4. The lowest BCUT2D eigenvalue weighted by molar-refractivity contribution is 0.111. The fourth-order valence-corrected chi connectivity index (χ4v) is 1.32. The Morgan fingerprint density at radius 3 is 2.41 bits per heavy atom. The van der Waals surface area contributed by atoms with Gasteiger partial charge in [0, 0.05) is 6.07 Å². The highest BCUT2D eigenvalue weighted by Gasteiger charge is 2.00. The maximum Gasteiger partial charge on any atom is 0.219 e. The van der Waals surface area contributed by atoms with Gasteiger partial charge in [-0.25, -0.2) is 4.98 Å². The van der Waals surface area contributed by atoms with Gasteiger partial charge in [-0.1, -0.05) is 6.07 Å². The van der Waals surface area contributed by atoms with E-state index >= 15 is 0 Å². The summed E-state index contributed by atoms with van der Waals surface area (Å²) < 4.78 is 10.5. The maximum absolute atomic E-state index is 10.6. The highest BCUT2D eigenvalue weighted by Crippen LogP contribution is 2.22. The minimum atomic E-state index is 0.344. The van der Waals surface area contributed by atoms with Gasteiger partial charge in [0.25, 0.3) is 0 Å². The Morgan fingerprint density at radius 2 is 1.76 bits per heavy atom. The van der Waals surface area contributed by atoms with E-state index < -0.39 is 0 Å². The van der Waals surface area contributed by atoms with Crippen LogP contribution in [0, 0.1) is 0 Å². The Bertz CT molecular complexity index is 508. The molecule has 2 aromatic rings. The Morgan fingerprint density at radius 1 is 1.06 bits per heavy atom. The highest BCUT2D eigenvalue weighted by molar-refractivity contribution is 5.71. The molecule has 0 aliphatic heterocycles. The van der Waals surface area contributed by atoms with Crippen LogP contribution in [0.1, 0.15) is 10.5 Å². The van der Waals surface area contributed by atoms with Gasteiger partial charge in [0.15, 0.2) is 6.29 Å². The Balaban J connectivity index is 2.16. The van der Waals surface area contributed by atoms with Gasteiger partial charge in [-0.15, -0.1) is 0 Å². The summed E-state index contributed by atoms with van der Waals surface area (Å²) in [6.07, 6.45) is 0.681. The lowest BCUT2D eigenvalue weighted by Crippen LogP contribution is -1.91. The van der Waals surface area contributed by atoms with Gasteiger partial charge < -0.3 is 9.47 Å². The van der Waals surface area contributed by atoms with Gasteiger partial charge in [0.05, 0.1) is 7.11 Å². The van der Waals surface area contributed by atoms with Gasteiger partial charge in [-0.05, 0) is 30.3 Å². The summed E-state index contributed by atoms with van der Waals surface area (Å²) in [6, 6.07) is 12.2. The minimum absolute atomic E-state index is 0.344. The third-order valence-corrected chi connectivity index (χ3v) is 2.15. The van der Waals surface area contributed by atoms with E-state index in [1.165, 1.54) is 0 Å². The number of nitrogens with zero attached hydrogens (tertiary/aromatic N) is 1. The van der Waals surface area contributed by atoms with Gasteiger partial charge in [-0.2, -0.15) is 0 Å². The molecule has 1 heterocycles. The average molecular weight is 229 g/mol. The first-order chi connectivity index (χ1) is 8.31. The molecule has 0 fully saturated rings. The van der Waals surface area contributed by atoms with Crippen LogP contribution in [-0.2, 0) is 0 Å². The summed E-state index contributed by atoms with van der Waals surface area (Å²) in [5.74, 6) is 1.79. The summed E-state index contributed by atoms with van der Waals surface area (Å²) in [5.41, 5.74) is 0.344. The second-order valence-electron chi connectivity index (χ2n) is 3.30. The number of benzene rings is 1. The minimum Gasteiger partial charge on any atom is -0.497 e. The smallest absolute Gasteiger partial charge is 0.219 e. The molecule has 0 N–H and O–H groups in total. The molecule has 0 aliphatic rings. The molecule has 17 heavy (non-hydrogen) atoms. The van der Waals surface area contributed by atoms with E-state index in [0.717, 1.165) is 5.75 Å². The molecule has 0 saturated carbocycles. The van der Waals surface area contributed by atoms with Crippen molar-refractivity contribution >= 4 is 6.29 Å². The number of pyridine rings is 1. The number of carbonyl (C=O) groups is 1. The molecule has 1 aromatic heterocycles. The number of hydrogen-bond donors (Lipinski definition) is 0. The number of ether oxygens (including phenoxy) is 2. The van der Waals surface area contributed by atoms with Crippen molar-refractivity contribution in [1.82, 2.24) is 4.98 Å². The summed E-state index contributed by atoms with van der Waals surface area (Å²) in [4.78, 5) is 14.6. The molecule has 0 aliphatic carbocycles. The van der Waals surface area contributed by atoms with E-state index in [4.69, 9.17) is 9.47 Å². The summed E-state index contributed by atoms with van der Waals surface area (Å²) >= 11 is 0. The molecule has 1 aromatic carbocycles. The average Bonchev–Trinajstić information content (AvgIpc) is 2.40. The van der Waals surface area contributed by atoms with Crippen molar-refractivity contribution in [2.75, 3.05) is 7.11 Å². The zero-order chi connectivity index (χ0) is 12.1. The van der Waals surface area contributed by atoms with Crippen LogP contribution in [0.4, 0.5) is 0 Å². The number of methoxy groups -OCH3 is 1. The monoisotopic (exact) mass is 229 g/mol. The van der Waals surface area contributed by atoms with E-state index in [1.54, 1.807) is 49.6 Å². The molecule has 0 saturated heterocycles. The van der Waals surface area contributed by atoms with Crippen LogP contribution >= 0.6 is 0 Å². The third-order valence-electron chi connectivity index (χ3n) is 2.15. The number of rotatable bonds is 4. The first-order valence-corrected chi connectivity index (χ1v) is 5.06. The summed E-state index contributed by atoms with van der Waals surface area (Å²) in [7, 11) is 1.60. The second kappa shape index (κ2) is 5.12. The van der Waals surface area contributed by atoms with E-state index in [2.05, 4.69) is 4.98 Å². The lowest BCUT2D eigenvalue weighted by Gasteiger charge is -2.05. The van der Waals surface area contributed by atoms with Gasteiger partial charge >= 0.3 is 0 Å². The van der Waals surface area contributed by atoms with Crippen molar-refractivity contribution < 1.29 is 14.3 Å².